The monoisotopic (exact) mass is 452 g/mol. The highest BCUT2D eigenvalue weighted by Crippen LogP contribution is 2.23. The number of rotatable bonds is 10. The lowest BCUT2D eigenvalue weighted by Crippen LogP contribution is -2.49. The van der Waals surface area contributed by atoms with Crippen LogP contribution in [0.3, 0.4) is 0 Å². The van der Waals surface area contributed by atoms with Crippen LogP contribution in [0.15, 0.2) is 42.5 Å². The van der Waals surface area contributed by atoms with Crippen molar-refractivity contribution in [1.82, 2.24) is 10.2 Å². The number of hydrogen-bond donors (Lipinski definition) is 1. The first-order valence-electron chi connectivity index (χ1n) is 9.63. The average molecular weight is 453 g/mol. The van der Waals surface area contributed by atoms with Crippen molar-refractivity contribution in [3.63, 3.8) is 0 Å². The molecular formula is C22H26Cl2N2O4. The second-order valence-electron chi connectivity index (χ2n) is 6.69. The van der Waals surface area contributed by atoms with Crippen LogP contribution >= 0.6 is 23.2 Å². The first kappa shape index (κ1) is 23.8. The topological polar surface area (TPSA) is 67.9 Å². The molecule has 0 heterocycles. The van der Waals surface area contributed by atoms with E-state index in [0.717, 1.165) is 6.42 Å². The van der Waals surface area contributed by atoms with Gasteiger partial charge in [-0.15, -0.1) is 0 Å². The molecule has 2 rings (SSSR count). The largest absolute Gasteiger partial charge is 0.497 e. The number of halogens is 2. The van der Waals surface area contributed by atoms with E-state index in [0.29, 0.717) is 33.7 Å². The van der Waals surface area contributed by atoms with E-state index in [1.165, 1.54) is 4.90 Å². The summed E-state index contributed by atoms with van der Waals surface area (Å²) in [7, 11) is 1.57. The molecule has 30 heavy (non-hydrogen) atoms. The molecule has 0 saturated heterocycles. The molecule has 0 aliphatic rings. The first-order valence-corrected chi connectivity index (χ1v) is 10.4. The van der Waals surface area contributed by atoms with E-state index in [-0.39, 0.29) is 25.0 Å². The minimum Gasteiger partial charge on any atom is -0.497 e. The summed E-state index contributed by atoms with van der Waals surface area (Å²) in [5.41, 5.74) is 0.689. The van der Waals surface area contributed by atoms with Crippen molar-refractivity contribution in [1.29, 1.82) is 0 Å². The summed E-state index contributed by atoms with van der Waals surface area (Å²) in [6.07, 6.45) is 0.802. The summed E-state index contributed by atoms with van der Waals surface area (Å²) in [5.74, 6) is 0.640. The maximum atomic E-state index is 13.0. The second-order valence-corrected chi connectivity index (χ2v) is 7.53. The Kier molecular flexibility index (Phi) is 9.27. The van der Waals surface area contributed by atoms with Crippen LogP contribution in [-0.4, -0.2) is 43.0 Å². The molecule has 8 heteroatoms. The van der Waals surface area contributed by atoms with Gasteiger partial charge in [0, 0.05) is 23.1 Å². The summed E-state index contributed by atoms with van der Waals surface area (Å²) >= 11 is 12.2. The fourth-order valence-electron chi connectivity index (χ4n) is 2.71. The molecule has 2 amide bonds. The van der Waals surface area contributed by atoms with E-state index < -0.39 is 6.04 Å². The molecular weight excluding hydrogens is 427 g/mol. The van der Waals surface area contributed by atoms with Crippen molar-refractivity contribution in [2.45, 2.75) is 32.9 Å². The van der Waals surface area contributed by atoms with E-state index in [9.17, 15) is 9.59 Å². The lowest BCUT2D eigenvalue weighted by molar-refractivity contribution is -0.142. The summed E-state index contributed by atoms with van der Waals surface area (Å²) in [5, 5.41) is 3.75. The quantitative estimate of drug-likeness (QED) is 0.582. The Morgan fingerprint density at radius 2 is 1.77 bits per heavy atom. The van der Waals surface area contributed by atoms with E-state index in [4.69, 9.17) is 32.7 Å². The van der Waals surface area contributed by atoms with Crippen LogP contribution in [0, 0.1) is 0 Å². The van der Waals surface area contributed by atoms with Gasteiger partial charge < -0.3 is 19.7 Å². The Bertz CT molecular complexity index is 859. The number of amides is 2. The molecule has 0 unspecified atom stereocenters. The highest BCUT2D eigenvalue weighted by molar-refractivity contribution is 6.35. The zero-order valence-corrected chi connectivity index (χ0v) is 18.8. The molecule has 0 spiro atoms. The second kappa shape index (κ2) is 11.7. The molecule has 0 aliphatic carbocycles. The Balaban J connectivity index is 2.15. The molecule has 0 aliphatic heterocycles. The van der Waals surface area contributed by atoms with Crippen molar-refractivity contribution in [2.75, 3.05) is 20.3 Å². The van der Waals surface area contributed by atoms with Gasteiger partial charge in [0.05, 0.1) is 7.11 Å². The molecule has 0 fully saturated rings. The number of methoxy groups -OCH3 is 1. The first-order chi connectivity index (χ1) is 14.3. The van der Waals surface area contributed by atoms with Crippen molar-refractivity contribution >= 4 is 35.0 Å². The highest BCUT2D eigenvalue weighted by atomic mass is 35.5. The van der Waals surface area contributed by atoms with Gasteiger partial charge in [-0.3, -0.25) is 9.59 Å². The normalized spacial score (nSPS) is 11.5. The standard InChI is InChI=1S/C22H26Cl2N2O4/c1-4-11-25-22(28)15(2)26(13-16-5-6-17(23)12-20(16)24)21(27)14-30-19-9-7-18(29-3)8-10-19/h5-10,12,15H,4,11,13-14H2,1-3H3,(H,25,28)/t15-/m1/s1. The van der Waals surface area contributed by atoms with Gasteiger partial charge in [0.1, 0.15) is 17.5 Å². The van der Waals surface area contributed by atoms with Crippen molar-refractivity contribution in [2.24, 2.45) is 0 Å². The molecule has 0 aromatic heterocycles. The minimum atomic E-state index is -0.699. The Morgan fingerprint density at radius 1 is 1.10 bits per heavy atom. The van der Waals surface area contributed by atoms with Gasteiger partial charge in [-0.25, -0.2) is 0 Å². The maximum Gasteiger partial charge on any atom is 0.261 e. The molecule has 0 radical (unpaired) electrons. The predicted octanol–water partition coefficient (Wildman–Crippen LogP) is 4.32. The molecule has 162 valence electrons. The zero-order chi connectivity index (χ0) is 22.1. The number of carbonyl (C=O) groups excluding carboxylic acids is 2. The fourth-order valence-corrected chi connectivity index (χ4v) is 3.18. The smallest absolute Gasteiger partial charge is 0.261 e. The van der Waals surface area contributed by atoms with Gasteiger partial charge in [-0.05, 0) is 55.3 Å². The molecule has 2 aromatic carbocycles. The maximum absolute atomic E-state index is 13.0. The van der Waals surface area contributed by atoms with Crippen LogP contribution in [0.2, 0.25) is 10.0 Å². The van der Waals surface area contributed by atoms with Crippen molar-refractivity contribution in [3.05, 3.63) is 58.1 Å². The number of ether oxygens (including phenoxy) is 2. The lowest BCUT2D eigenvalue weighted by Gasteiger charge is -2.29. The molecule has 0 saturated carbocycles. The summed E-state index contributed by atoms with van der Waals surface area (Å²) < 4.78 is 10.7. The summed E-state index contributed by atoms with van der Waals surface area (Å²) in [6.45, 7) is 4.11. The van der Waals surface area contributed by atoms with Gasteiger partial charge >= 0.3 is 0 Å². The van der Waals surface area contributed by atoms with Gasteiger partial charge in [0.15, 0.2) is 6.61 Å². The van der Waals surface area contributed by atoms with Gasteiger partial charge in [-0.1, -0.05) is 36.2 Å². The molecule has 2 aromatic rings. The van der Waals surface area contributed by atoms with Crippen LogP contribution in [0.5, 0.6) is 11.5 Å². The fraction of sp³-hybridized carbons (Fsp3) is 0.364. The Labute approximate surface area is 187 Å². The number of nitrogens with zero attached hydrogens (tertiary/aromatic N) is 1. The van der Waals surface area contributed by atoms with Crippen LogP contribution in [0.1, 0.15) is 25.8 Å². The van der Waals surface area contributed by atoms with E-state index in [2.05, 4.69) is 5.32 Å². The third kappa shape index (κ3) is 6.82. The number of nitrogens with one attached hydrogen (secondary N) is 1. The third-order valence-electron chi connectivity index (χ3n) is 4.49. The van der Waals surface area contributed by atoms with Gasteiger partial charge in [-0.2, -0.15) is 0 Å². The summed E-state index contributed by atoms with van der Waals surface area (Å²) in [4.78, 5) is 26.9. The minimum absolute atomic E-state index is 0.154. The molecule has 1 N–H and O–H groups in total. The lowest BCUT2D eigenvalue weighted by atomic mass is 10.1. The van der Waals surface area contributed by atoms with E-state index >= 15 is 0 Å². The van der Waals surface area contributed by atoms with Crippen molar-refractivity contribution in [3.8, 4) is 11.5 Å². The Morgan fingerprint density at radius 3 is 2.37 bits per heavy atom. The van der Waals surface area contributed by atoms with Crippen LogP contribution in [0.4, 0.5) is 0 Å². The SMILES string of the molecule is CCCNC(=O)[C@@H](C)N(Cc1ccc(Cl)cc1Cl)C(=O)COc1ccc(OC)cc1. The van der Waals surface area contributed by atoms with Gasteiger partial charge in [0.25, 0.3) is 5.91 Å². The average Bonchev–Trinajstić information content (AvgIpc) is 2.75. The Hall–Kier alpha value is -2.44. The molecule has 6 nitrogen and oxygen atoms in total. The summed E-state index contributed by atoms with van der Waals surface area (Å²) in [6, 6.07) is 11.3. The van der Waals surface area contributed by atoms with Crippen LogP contribution < -0.4 is 14.8 Å². The third-order valence-corrected chi connectivity index (χ3v) is 5.08. The number of benzene rings is 2. The number of hydrogen-bond acceptors (Lipinski definition) is 4. The zero-order valence-electron chi connectivity index (χ0n) is 17.3. The highest BCUT2D eigenvalue weighted by Gasteiger charge is 2.27. The van der Waals surface area contributed by atoms with Crippen LogP contribution in [0.25, 0.3) is 0 Å². The predicted molar refractivity (Wildman–Crippen MR) is 118 cm³/mol. The molecule has 0 bridgehead atoms. The van der Waals surface area contributed by atoms with Crippen LogP contribution in [-0.2, 0) is 16.1 Å². The van der Waals surface area contributed by atoms with E-state index in [1.54, 1.807) is 56.5 Å². The molecule has 1 atom stereocenters. The van der Waals surface area contributed by atoms with Gasteiger partial charge in [0.2, 0.25) is 5.91 Å². The number of carbonyl (C=O) groups is 2. The van der Waals surface area contributed by atoms with Crippen molar-refractivity contribution < 1.29 is 19.1 Å². The van der Waals surface area contributed by atoms with E-state index in [1.807, 2.05) is 6.92 Å².